The summed E-state index contributed by atoms with van der Waals surface area (Å²) < 4.78 is 5.03. The maximum absolute atomic E-state index is 5.03. The van der Waals surface area contributed by atoms with Gasteiger partial charge in [0.05, 0.1) is 7.11 Å². The second-order valence-corrected chi connectivity index (χ2v) is 2.14. The highest BCUT2D eigenvalue weighted by Gasteiger charge is 1.99. The molecule has 0 saturated heterocycles. The van der Waals surface area contributed by atoms with Crippen molar-refractivity contribution in [3.63, 3.8) is 0 Å². The lowest BCUT2D eigenvalue weighted by Crippen LogP contribution is -1.91. The molecule has 0 N–H and O–H groups in total. The van der Waals surface area contributed by atoms with E-state index in [-0.39, 0.29) is 0 Å². The molecule has 0 bridgehead atoms. The fourth-order valence-corrected chi connectivity index (χ4v) is 0.845. The van der Waals surface area contributed by atoms with Crippen molar-refractivity contribution in [2.75, 3.05) is 7.11 Å². The Balaban J connectivity index is 2.63. The molecule has 1 rings (SSSR count). The molecule has 0 fully saturated rings. The molecule has 0 spiro atoms. The highest BCUT2D eigenvalue weighted by molar-refractivity contribution is 5.28. The first-order chi connectivity index (χ1) is 4.33. The first-order valence-corrected chi connectivity index (χ1v) is 3.08. The van der Waals surface area contributed by atoms with E-state index in [2.05, 4.69) is 19.4 Å². The topological polar surface area (TPSA) is 9.23 Å². The number of methoxy groups -OCH3 is 1. The summed E-state index contributed by atoms with van der Waals surface area (Å²) in [6, 6.07) is 0. The number of rotatable bonds is 1. The minimum Gasteiger partial charge on any atom is -0.497 e. The van der Waals surface area contributed by atoms with Crippen LogP contribution in [0, 0.1) is 6.42 Å². The van der Waals surface area contributed by atoms with E-state index in [0.29, 0.717) is 0 Å². The van der Waals surface area contributed by atoms with E-state index in [0.717, 1.165) is 12.2 Å². The van der Waals surface area contributed by atoms with Crippen LogP contribution in [0.3, 0.4) is 0 Å². The van der Waals surface area contributed by atoms with Crippen molar-refractivity contribution in [1.29, 1.82) is 0 Å². The van der Waals surface area contributed by atoms with Crippen molar-refractivity contribution in [1.82, 2.24) is 0 Å². The molecular weight excluding hydrogens is 112 g/mol. The summed E-state index contributed by atoms with van der Waals surface area (Å²) in [5.41, 5.74) is 1.29. The first-order valence-electron chi connectivity index (χ1n) is 3.08. The van der Waals surface area contributed by atoms with Gasteiger partial charge in [0.1, 0.15) is 5.76 Å². The minimum absolute atomic E-state index is 0.981. The van der Waals surface area contributed by atoms with Gasteiger partial charge in [0.15, 0.2) is 0 Å². The van der Waals surface area contributed by atoms with E-state index in [1.54, 1.807) is 7.11 Å². The van der Waals surface area contributed by atoms with Crippen LogP contribution in [0.2, 0.25) is 0 Å². The van der Waals surface area contributed by atoms with Gasteiger partial charge in [0.25, 0.3) is 0 Å². The zero-order valence-electron chi connectivity index (χ0n) is 5.85. The lowest BCUT2D eigenvalue weighted by Gasteiger charge is -2.07. The summed E-state index contributed by atoms with van der Waals surface area (Å²) in [7, 11) is 1.70. The van der Waals surface area contributed by atoms with Gasteiger partial charge in [-0.25, -0.2) is 0 Å². The van der Waals surface area contributed by atoms with Gasteiger partial charge in [-0.3, -0.25) is 0 Å². The summed E-state index contributed by atoms with van der Waals surface area (Å²) in [6.07, 6.45) is 7.27. The zero-order chi connectivity index (χ0) is 6.69. The Bertz CT molecular complexity index is 154. The minimum atomic E-state index is 0.981. The molecule has 0 amide bonds. The van der Waals surface area contributed by atoms with E-state index in [4.69, 9.17) is 4.74 Å². The van der Waals surface area contributed by atoms with Gasteiger partial charge in [0.2, 0.25) is 0 Å². The normalized spacial score (nSPS) is 18.4. The van der Waals surface area contributed by atoms with Gasteiger partial charge in [-0.15, -0.1) is 0 Å². The van der Waals surface area contributed by atoms with Crippen LogP contribution in [0.15, 0.2) is 23.5 Å². The molecule has 1 aliphatic carbocycles. The Morgan fingerprint density at radius 2 is 2.33 bits per heavy atom. The van der Waals surface area contributed by atoms with Gasteiger partial charge in [-0.05, 0) is 31.9 Å². The van der Waals surface area contributed by atoms with E-state index >= 15 is 0 Å². The van der Waals surface area contributed by atoms with E-state index in [1.165, 1.54) is 5.57 Å². The third kappa shape index (κ3) is 1.60. The fraction of sp³-hybridized carbons (Fsp3) is 0.375. The van der Waals surface area contributed by atoms with Gasteiger partial charge in [-0.2, -0.15) is 0 Å². The van der Waals surface area contributed by atoms with Crippen LogP contribution in [0.5, 0.6) is 0 Å². The molecule has 0 atom stereocenters. The van der Waals surface area contributed by atoms with Crippen LogP contribution in [0.25, 0.3) is 0 Å². The number of hydrogen-bond acceptors (Lipinski definition) is 1. The van der Waals surface area contributed by atoms with Crippen molar-refractivity contribution in [2.24, 2.45) is 0 Å². The fourth-order valence-electron chi connectivity index (χ4n) is 0.845. The van der Waals surface area contributed by atoms with Crippen molar-refractivity contribution < 1.29 is 4.74 Å². The molecule has 0 aromatic rings. The molecule has 0 aromatic carbocycles. The quantitative estimate of drug-likeness (QED) is 0.518. The summed E-state index contributed by atoms with van der Waals surface area (Å²) in [5, 5.41) is 0. The molecular formula is C8H11O. The maximum atomic E-state index is 5.03. The predicted molar refractivity (Wildman–Crippen MR) is 37.8 cm³/mol. The van der Waals surface area contributed by atoms with E-state index in [1.807, 2.05) is 6.08 Å². The molecule has 9 heavy (non-hydrogen) atoms. The van der Waals surface area contributed by atoms with Crippen molar-refractivity contribution >= 4 is 0 Å². The zero-order valence-corrected chi connectivity index (χ0v) is 5.85. The Kier molecular flexibility index (Phi) is 1.93. The number of allylic oxidation sites excluding steroid dienone is 3. The Hall–Kier alpha value is -0.720. The highest BCUT2D eigenvalue weighted by Crippen LogP contribution is 2.15. The average molecular weight is 123 g/mol. The van der Waals surface area contributed by atoms with Crippen molar-refractivity contribution in [3.05, 3.63) is 29.9 Å². The molecule has 0 aliphatic heterocycles. The molecule has 1 heteroatoms. The van der Waals surface area contributed by atoms with E-state index < -0.39 is 0 Å². The smallest absolute Gasteiger partial charge is 0.114 e. The van der Waals surface area contributed by atoms with Crippen molar-refractivity contribution in [3.8, 4) is 0 Å². The SMILES string of the molecule is COC1=CC[CH]C(C)=C1. The van der Waals surface area contributed by atoms with Crippen LogP contribution < -0.4 is 0 Å². The monoisotopic (exact) mass is 123 g/mol. The Morgan fingerprint density at radius 3 is 2.78 bits per heavy atom. The number of ether oxygens (including phenoxy) is 1. The molecule has 0 aromatic heterocycles. The van der Waals surface area contributed by atoms with Crippen LogP contribution in [-0.2, 0) is 4.74 Å². The van der Waals surface area contributed by atoms with Crippen molar-refractivity contribution in [2.45, 2.75) is 13.3 Å². The second kappa shape index (κ2) is 2.72. The van der Waals surface area contributed by atoms with Gasteiger partial charge in [0, 0.05) is 0 Å². The molecule has 0 unspecified atom stereocenters. The summed E-state index contributed by atoms with van der Waals surface area (Å²) in [4.78, 5) is 0. The van der Waals surface area contributed by atoms with Crippen LogP contribution in [-0.4, -0.2) is 7.11 Å². The molecule has 1 aliphatic rings. The molecule has 0 heterocycles. The molecule has 1 radical (unpaired) electrons. The Morgan fingerprint density at radius 1 is 1.56 bits per heavy atom. The van der Waals surface area contributed by atoms with Crippen LogP contribution in [0.4, 0.5) is 0 Å². The molecule has 0 saturated carbocycles. The standard InChI is InChI=1S/C8H11O/c1-7-4-3-5-8(6-7)9-2/h4-6H,3H2,1-2H3. The largest absolute Gasteiger partial charge is 0.497 e. The van der Waals surface area contributed by atoms with Crippen LogP contribution >= 0.6 is 0 Å². The van der Waals surface area contributed by atoms with Gasteiger partial charge >= 0.3 is 0 Å². The van der Waals surface area contributed by atoms with Crippen LogP contribution in [0.1, 0.15) is 13.3 Å². The lowest BCUT2D eigenvalue weighted by molar-refractivity contribution is 0.304. The molecule has 49 valence electrons. The van der Waals surface area contributed by atoms with Gasteiger partial charge < -0.3 is 4.74 Å². The summed E-state index contributed by atoms with van der Waals surface area (Å²) in [6.45, 7) is 2.08. The highest BCUT2D eigenvalue weighted by atomic mass is 16.5. The third-order valence-corrected chi connectivity index (χ3v) is 1.36. The van der Waals surface area contributed by atoms with E-state index in [9.17, 15) is 0 Å². The average Bonchev–Trinajstić information content (AvgIpc) is 1.88. The Labute approximate surface area is 56.0 Å². The predicted octanol–water partition coefficient (Wildman–Crippen LogP) is 2.07. The first kappa shape index (κ1) is 6.40. The maximum Gasteiger partial charge on any atom is 0.114 e. The second-order valence-electron chi connectivity index (χ2n) is 2.14. The molecule has 1 nitrogen and oxygen atoms in total. The summed E-state index contributed by atoms with van der Waals surface area (Å²) >= 11 is 0. The third-order valence-electron chi connectivity index (χ3n) is 1.36. The summed E-state index contributed by atoms with van der Waals surface area (Å²) in [5.74, 6) is 0.981. The van der Waals surface area contributed by atoms with Gasteiger partial charge in [-0.1, -0.05) is 5.57 Å². The lowest BCUT2D eigenvalue weighted by atomic mass is 10.1. The number of hydrogen-bond donors (Lipinski definition) is 0.